The highest BCUT2D eigenvalue weighted by Gasteiger charge is 2.49. The van der Waals surface area contributed by atoms with E-state index in [1.807, 2.05) is 0 Å². The molecule has 3 unspecified atom stereocenters. The minimum atomic E-state index is -1.52. The third-order valence-electron chi connectivity index (χ3n) is 19.6. The number of aliphatic hydroxyl groups is 2. The maximum Gasteiger partial charge on any atom is 0.416 e. The summed E-state index contributed by atoms with van der Waals surface area (Å²) >= 11 is 0. The Balaban J connectivity index is 0.000000174. The molecule has 12 rings (SSSR count). The van der Waals surface area contributed by atoms with Gasteiger partial charge in [0.2, 0.25) is 0 Å². The zero-order valence-corrected chi connectivity index (χ0v) is 62.1. The molecule has 0 bridgehead atoms. The molecule has 9 heterocycles. The van der Waals surface area contributed by atoms with Crippen molar-refractivity contribution in [1.29, 1.82) is 0 Å². The molecule has 0 spiro atoms. The fourth-order valence-corrected chi connectivity index (χ4v) is 14.0. The zero-order chi connectivity index (χ0) is 79.6. The van der Waals surface area contributed by atoms with Gasteiger partial charge in [0.05, 0.1) is 89.9 Å². The summed E-state index contributed by atoms with van der Waals surface area (Å²) in [6, 6.07) is 6.26. The number of aromatic hydroxyl groups is 1. The van der Waals surface area contributed by atoms with Crippen LogP contribution in [0, 0.1) is 13.8 Å². The van der Waals surface area contributed by atoms with Crippen LogP contribution in [0.1, 0.15) is 78.2 Å². The lowest BCUT2D eigenvalue weighted by Gasteiger charge is -2.40. The predicted molar refractivity (Wildman–Crippen MR) is 398 cm³/mol. The first kappa shape index (κ1) is 79.0. The van der Waals surface area contributed by atoms with Crippen molar-refractivity contribution in [3.8, 4) is 23.0 Å². The topological polar surface area (TPSA) is 379 Å². The van der Waals surface area contributed by atoms with E-state index in [-0.39, 0.29) is 109 Å². The van der Waals surface area contributed by atoms with Gasteiger partial charge < -0.3 is 76.9 Å². The molecule has 0 fully saturated rings. The summed E-state index contributed by atoms with van der Waals surface area (Å²) in [6.07, 6.45) is 7.52. The summed E-state index contributed by atoms with van der Waals surface area (Å²) in [7, 11) is 14.5. The standard InChI is InChI=1S/C25H28N4O8.2C25H28N4O7/c1-6-9-37-25(34)29-17-12-19(30)20(35-4)11-15(17)22(32)28-8-7-14(10-18(28)23(29)36-5)16-13-26(2)24(33)27(3)21(16)31;2*1-6-9-36-25(34)29-18-10-14(2)20(35-5)12-16(18)22(31)28-8-7-15(11-19(28)23(29)32)17-13-26(3)24(33)27(4)21(17)30/h6-7,11-13,18,23,30H,1,8-10H2,2-5H3;6,10-13,19,23,32H,1,7-9H2,2-5H3;6-7,10,12-13,19,23,32H,1,8-9,11H2,2-5H3/t18-,23?;2*19-,23?/m000/s1. The van der Waals surface area contributed by atoms with Crippen molar-refractivity contribution in [1.82, 2.24) is 42.1 Å². The molecule has 0 saturated heterocycles. The van der Waals surface area contributed by atoms with Crippen LogP contribution in [0.2, 0.25) is 0 Å². The fourth-order valence-electron chi connectivity index (χ4n) is 14.0. The minimum Gasteiger partial charge on any atom is -0.504 e. The van der Waals surface area contributed by atoms with Crippen LogP contribution in [0.5, 0.6) is 23.0 Å². The molecule has 3 aromatic carbocycles. The molecule has 34 heteroatoms. The van der Waals surface area contributed by atoms with E-state index < -0.39 is 107 Å². The molecule has 3 aromatic heterocycles. The summed E-state index contributed by atoms with van der Waals surface area (Å²) in [6.45, 7) is 14.2. The van der Waals surface area contributed by atoms with Crippen molar-refractivity contribution in [3.63, 3.8) is 0 Å². The van der Waals surface area contributed by atoms with Crippen molar-refractivity contribution in [2.24, 2.45) is 42.3 Å². The molecule has 6 aliphatic heterocycles. The van der Waals surface area contributed by atoms with Gasteiger partial charge in [0.25, 0.3) is 34.4 Å². The van der Waals surface area contributed by atoms with E-state index in [1.54, 1.807) is 51.3 Å². The number of nitrogens with zero attached hydrogens (tertiary/aromatic N) is 12. The Kier molecular flexibility index (Phi) is 23.4. The van der Waals surface area contributed by atoms with E-state index in [0.717, 1.165) is 23.5 Å². The van der Waals surface area contributed by atoms with E-state index in [2.05, 4.69) is 19.7 Å². The lowest BCUT2D eigenvalue weighted by Crippen LogP contribution is -2.55. The van der Waals surface area contributed by atoms with Gasteiger partial charge >= 0.3 is 35.3 Å². The highest BCUT2D eigenvalue weighted by atomic mass is 16.6. The van der Waals surface area contributed by atoms with Gasteiger partial charge in [-0.2, -0.15) is 0 Å². The van der Waals surface area contributed by atoms with E-state index in [1.165, 1.54) is 158 Å². The number of carbonyl (C=O) groups excluding carboxylic acids is 6. The predicted octanol–water partition coefficient (Wildman–Crippen LogP) is 3.53. The number of aliphatic hydroxyl groups excluding tert-OH is 2. The van der Waals surface area contributed by atoms with Gasteiger partial charge in [-0.1, -0.05) is 56.2 Å². The maximum atomic E-state index is 13.8. The van der Waals surface area contributed by atoms with Crippen molar-refractivity contribution < 1.29 is 77.2 Å². The van der Waals surface area contributed by atoms with Crippen molar-refractivity contribution >= 4 is 69.8 Å². The van der Waals surface area contributed by atoms with E-state index >= 15 is 0 Å². The molecule has 0 saturated carbocycles. The van der Waals surface area contributed by atoms with E-state index in [4.69, 9.17) is 33.2 Å². The van der Waals surface area contributed by atoms with Crippen LogP contribution in [0.25, 0.3) is 16.7 Å². The molecule has 109 heavy (non-hydrogen) atoms. The van der Waals surface area contributed by atoms with Crippen LogP contribution in [-0.2, 0) is 61.2 Å². The lowest BCUT2D eigenvalue weighted by molar-refractivity contribution is 0.0175. The summed E-state index contributed by atoms with van der Waals surface area (Å²) in [5.41, 5.74) is 1.91. The molecule has 6 atom stereocenters. The van der Waals surface area contributed by atoms with Gasteiger partial charge in [0, 0.05) is 93.7 Å². The highest BCUT2D eigenvalue weighted by Crippen LogP contribution is 2.44. The summed E-state index contributed by atoms with van der Waals surface area (Å²) in [5.74, 6) is -0.556. The molecule has 34 nitrogen and oxygen atoms in total. The van der Waals surface area contributed by atoms with Crippen LogP contribution in [0.4, 0.5) is 31.4 Å². The Morgan fingerprint density at radius 1 is 0.477 bits per heavy atom. The highest BCUT2D eigenvalue weighted by molar-refractivity contribution is 6.08. The fraction of sp³-hybridized carbons (Fsp3) is 0.360. The number of aromatic nitrogens is 6. The van der Waals surface area contributed by atoms with Gasteiger partial charge in [0.1, 0.15) is 31.3 Å². The number of methoxy groups -OCH3 is 4. The molecular formula is C75H84N12O22. The minimum absolute atomic E-state index is 0.0564. The number of phenolic OH excluding ortho intramolecular Hbond substituents is 1. The Bertz CT molecular complexity index is 5220. The Morgan fingerprint density at radius 3 is 1.26 bits per heavy atom. The third-order valence-corrected chi connectivity index (χ3v) is 19.6. The molecule has 3 N–H and O–H groups in total. The number of amides is 6. The second-order valence-electron chi connectivity index (χ2n) is 26.1. The van der Waals surface area contributed by atoms with Gasteiger partial charge in [0.15, 0.2) is 30.2 Å². The van der Waals surface area contributed by atoms with Gasteiger partial charge in [-0.05, 0) is 91.3 Å². The van der Waals surface area contributed by atoms with Crippen molar-refractivity contribution in [2.75, 3.05) is 82.6 Å². The number of ether oxygens (including phenoxy) is 7. The summed E-state index contributed by atoms with van der Waals surface area (Å²) in [4.78, 5) is 163. The number of carbonyl (C=O) groups is 6. The first-order valence-electron chi connectivity index (χ1n) is 34.1. The average Bonchev–Trinajstić information content (AvgIpc) is 1.62. The first-order chi connectivity index (χ1) is 51.8. The second-order valence-corrected chi connectivity index (χ2v) is 26.1. The molecule has 6 amide bonds. The van der Waals surface area contributed by atoms with Crippen LogP contribution in [0.3, 0.4) is 0 Å². The number of rotatable bonds is 13. The first-order valence-corrected chi connectivity index (χ1v) is 34.1. The Labute approximate surface area is 622 Å². The largest absolute Gasteiger partial charge is 0.504 e. The van der Waals surface area contributed by atoms with Crippen LogP contribution in [0.15, 0.2) is 140 Å². The monoisotopic (exact) mass is 1500 g/mol. The number of hydrogen-bond acceptors (Lipinski definition) is 22. The maximum absolute atomic E-state index is 13.8. The smallest absolute Gasteiger partial charge is 0.416 e. The zero-order valence-electron chi connectivity index (χ0n) is 62.1. The Morgan fingerprint density at radius 2 is 0.844 bits per heavy atom. The number of phenols is 1. The number of fused-ring (bicyclic) bond motifs is 6. The number of anilines is 3. The summed E-state index contributed by atoms with van der Waals surface area (Å²) in [5, 5.41) is 33.4. The molecule has 6 aromatic rings. The quantitative estimate of drug-likeness (QED) is 0.110. The molecular weight excluding hydrogens is 1420 g/mol. The van der Waals surface area contributed by atoms with E-state index in [9.17, 15) is 72.9 Å². The van der Waals surface area contributed by atoms with Crippen LogP contribution >= 0.6 is 0 Å². The van der Waals surface area contributed by atoms with Crippen LogP contribution in [-0.4, -0.2) is 198 Å². The molecule has 0 aliphatic carbocycles. The number of benzene rings is 3. The molecule has 0 radical (unpaired) electrons. The third kappa shape index (κ3) is 14.7. The average molecular weight is 1510 g/mol. The number of hydrogen-bond donors (Lipinski definition) is 3. The molecule has 576 valence electrons. The number of aryl methyl sites for hydroxylation is 5. The molecule has 6 aliphatic rings. The van der Waals surface area contributed by atoms with Crippen molar-refractivity contribution in [2.45, 2.75) is 69.9 Å². The lowest BCUT2D eigenvalue weighted by atomic mass is 9.94. The van der Waals surface area contributed by atoms with Crippen LogP contribution < -0.4 is 62.7 Å². The normalized spacial score (nSPS) is 19.1. The SMILES string of the molecule is C=CCOC(=O)N1c2cc(C)c(OC)cc2C(=O)N2CC=C(c3cn(C)c(=O)n(C)c3=O)C[C@H]2C1O.C=CCOC(=O)N1c2cc(C)c(OC)cc2C(=O)N2CCC(c3cn(C)c(=O)n(C)c3=O)=C[C@H]2C1O.C=CCOC(=O)N1c2cc(O)c(OC)cc2C(=O)N2CC=C(c3cn(C)c(=O)n(C)c3=O)C[C@H]2C1OC. The summed E-state index contributed by atoms with van der Waals surface area (Å²) < 4.78 is 44.4. The van der Waals surface area contributed by atoms with E-state index in [0.29, 0.717) is 51.3 Å². The van der Waals surface area contributed by atoms with Gasteiger partial charge in [-0.25, -0.2) is 43.5 Å². The van der Waals surface area contributed by atoms with Gasteiger partial charge in [-0.15, -0.1) is 0 Å². The van der Waals surface area contributed by atoms with Gasteiger partial charge in [-0.3, -0.25) is 42.5 Å². The second kappa shape index (κ2) is 32.3. The Hall–Kier alpha value is -12.6. The van der Waals surface area contributed by atoms with Crippen molar-refractivity contribution in [3.05, 3.63) is 218 Å².